The molecule has 4 nitrogen and oxygen atoms in total. The molecule has 0 aliphatic carbocycles. The van der Waals surface area contributed by atoms with Crippen molar-refractivity contribution in [2.24, 2.45) is 0 Å². The van der Waals surface area contributed by atoms with Crippen molar-refractivity contribution in [1.82, 2.24) is 5.32 Å². The van der Waals surface area contributed by atoms with Crippen LogP contribution in [-0.2, 0) is 11.0 Å². The van der Waals surface area contributed by atoms with Crippen molar-refractivity contribution in [2.75, 3.05) is 0 Å². The number of hydrogen-bond acceptors (Lipinski definition) is 2. The molecule has 21 heavy (non-hydrogen) atoms. The van der Waals surface area contributed by atoms with Crippen LogP contribution in [0.15, 0.2) is 30.9 Å². The molecule has 1 aromatic carbocycles. The van der Waals surface area contributed by atoms with Crippen LogP contribution in [0.4, 0.5) is 17.6 Å². The highest BCUT2D eigenvalue weighted by Gasteiger charge is 2.36. The van der Waals surface area contributed by atoms with E-state index in [1.54, 1.807) is 0 Å². The fourth-order valence-corrected chi connectivity index (χ4v) is 1.55. The second-order valence-electron chi connectivity index (χ2n) is 4.05. The number of carbonyl (C=O) groups is 2. The van der Waals surface area contributed by atoms with E-state index in [2.05, 4.69) is 6.58 Å². The first-order valence-electron chi connectivity index (χ1n) is 5.68. The molecule has 0 radical (unpaired) electrons. The molecule has 1 aromatic rings. The maximum atomic E-state index is 13.7. The van der Waals surface area contributed by atoms with Gasteiger partial charge in [-0.3, -0.25) is 4.79 Å². The molecule has 0 fully saturated rings. The number of nitrogens with one attached hydrogen (secondary N) is 1. The molecule has 114 valence electrons. The van der Waals surface area contributed by atoms with Crippen molar-refractivity contribution < 1.29 is 32.3 Å². The van der Waals surface area contributed by atoms with Gasteiger partial charge in [-0.05, 0) is 18.6 Å². The van der Waals surface area contributed by atoms with Gasteiger partial charge in [-0.15, -0.1) is 6.58 Å². The zero-order chi connectivity index (χ0) is 16.2. The van der Waals surface area contributed by atoms with Gasteiger partial charge in [0.05, 0.1) is 11.1 Å². The van der Waals surface area contributed by atoms with E-state index in [9.17, 15) is 27.2 Å². The zero-order valence-corrected chi connectivity index (χ0v) is 10.6. The van der Waals surface area contributed by atoms with Gasteiger partial charge >= 0.3 is 12.1 Å². The summed E-state index contributed by atoms with van der Waals surface area (Å²) in [7, 11) is 0. The van der Waals surface area contributed by atoms with Gasteiger partial charge in [0.2, 0.25) is 0 Å². The summed E-state index contributed by atoms with van der Waals surface area (Å²) in [6, 6.07) is 0.797. The van der Waals surface area contributed by atoms with Crippen molar-refractivity contribution in [3.63, 3.8) is 0 Å². The van der Waals surface area contributed by atoms with Crippen LogP contribution in [0.25, 0.3) is 0 Å². The third-order valence-electron chi connectivity index (χ3n) is 2.55. The molecule has 0 saturated carbocycles. The Balaban J connectivity index is 3.08. The van der Waals surface area contributed by atoms with Crippen LogP contribution in [0.3, 0.4) is 0 Å². The Morgan fingerprint density at radius 3 is 2.48 bits per heavy atom. The molecule has 2 N–H and O–H groups in total. The summed E-state index contributed by atoms with van der Waals surface area (Å²) < 4.78 is 51.3. The van der Waals surface area contributed by atoms with E-state index < -0.39 is 41.0 Å². The molecule has 0 heterocycles. The average molecular weight is 305 g/mol. The summed E-state index contributed by atoms with van der Waals surface area (Å²) in [4.78, 5) is 22.5. The van der Waals surface area contributed by atoms with E-state index in [1.165, 1.54) is 6.08 Å². The number of carboxylic acid groups (broad SMARTS) is 1. The second-order valence-corrected chi connectivity index (χ2v) is 4.05. The van der Waals surface area contributed by atoms with Crippen LogP contribution in [0.1, 0.15) is 22.3 Å². The van der Waals surface area contributed by atoms with Crippen molar-refractivity contribution in [1.29, 1.82) is 0 Å². The Morgan fingerprint density at radius 2 is 2.00 bits per heavy atom. The standard InChI is InChI=1S/C13H11F4NO3/c1-2-4-9(12(20)21)18-11(19)7-5-3-6-8(10(7)14)13(15,16)17/h2-3,5-6,9H,1,4H2,(H,18,19)(H,20,21). The minimum atomic E-state index is -4.95. The van der Waals surface area contributed by atoms with E-state index in [1.807, 2.05) is 5.32 Å². The summed E-state index contributed by atoms with van der Waals surface area (Å²) in [5.41, 5.74) is -2.47. The Kier molecular flexibility index (Phi) is 5.07. The van der Waals surface area contributed by atoms with Gasteiger partial charge in [0.25, 0.3) is 5.91 Å². The van der Waals surface area contributed by atoms with Gasteiger partial charge < -0.3 is 10.4 Å². The van der Waals surface area contributed by atoms with Gasteiger partial charge in [0.15, 0.2) is 0 Å². The Morgan fingerprint density at radius 1 is 1.38 bits per heavy atom. The first-order valence-corrected chi connectivity index (χ1v) is 5.68. The van der Waals surface area contributed by atoms with E-state index in [0.717, 1.165) is 12.1 Å². The van der Waals surface area contributed by atoms with Crippen molar-refractivity contribution in [3.8, 4) is 0 Å². The molecule has 8 heteroatoms. The lowest BCUT2D eigenvalue weighted by Gasteiger charge is -2.14. The molecule has 1 unspecified atom stereocenters. The number of amides is 1. The van der Waals surface area contributed by atoms with E-state index in [4.69, 9.17) is 5.11 Å². The topological polar surface area (TPSA) is 66.4 Å². The summed E-state index contributed by atoms with van der Waals surface area (Å²) in [6.07, 6.45) is -3.89. The van der Waals surface area contributed by atoms with Crippen LogP contribution in [0.5, 0.6) is 0 Å². The predicted octanol–water partition coefficient (Wildman–Crippen LogP) is 2.60. The van der Waals surface area contributed by atoms with Crippen LogP contribution in [-0.4, -0.2) is 23.0 Å². The van der Waals surface area contributed by atoms with Gasteiger partial charge in [-0.2, -0.15) is 13.2 Å². The largest absolute Gasteiger partial charge is 0.480 e. The highest BCUT2D eigenvalue weighted by Crippen LogP contribution is 2.32. The third-order valence-corrected chi connectivity index (χ3v) is 2.55. The maximum Gasteiger partial charge on any atom is 0.419 e. The predicted molar refractivity (Wildman–Crippen MR) is 65.1 cm³/mol. The number of rotatable bonds is 5. The molecule has 0 aliphatic heterocycles. The number of carbonyl (C=O) groups excluding carboxylic acids is 1. The third kappa shape index (κ3) is 4.04. The number of hydrogen-bond donors (Lipinski definition) is 2. The Labute approximate surface area is 117 Å². The fourth-order valence-electron chi connectivity index (χ4n) is 1.55. The number of carboxylic acids is 1. The van der Waals surface area contributed by atoms with Crippen LogP contribution in [0.2, 0.25) is 0 Å². The molecule has 0 saturated heterocycles. The molecule has 0 aliphatic rings. The van der Waals surface area contributed by atoms with Gasteiger partial charge in [0.1, 0.15) is 11.9 Å². The number of halogens is 4. The van der Waals surface area contributed by atoms with Crippen LogP contribution >= 0.6 is 0 Å². The first kappa shape index (κ1) is 16.7. The minimum absolute atomic E-state index is 0.151. The summed E-state index contributed by atoms with van der Waals surface area (Å²) >= 11 is 0. The van der Waals surface area contributed by atoms with Gasteiger partial charge in [0, 0.05) is 0 Å². The normalized spacial score (nSPS) is 12.6. The zero-order valence-electron chi connectivity index (χ0n) is 10.6. The van der Waals surface area contributed by atoms with Gasteiger partial charge in [-0.1, -0.05) is 12.1 Å². The molecule has 1 rings (SSSR count). The lowest BCUT2D eigenvalue weighted by atomic mass is 10.1. The quantitative estimate of drug-likeness (QED) is 0.649. The average Bonchev–Trinajstić information content (AvgIpc) is 2.36. The molecule has 1 amide bonds. The summed E-state index contributed by atoms with van der Waals surface area (Å²) in [6.45, 7) is 3.29. The molecular formula is C13H11F4NO3. The smallest absolute Gasteiger partial charge is 0.419 e. The lowest BCUT2D eigenvalue weighted by Crippen LogP contribution is -2.40. The Hall–Kier alpha value is -2.38. The number of alkyl halides is 3. The van der Waals surface area contributed by atoms with Crippen molar-refractivity contribution in [2.45, 2.75) is 18.6 Å². The monoisotopic (exact) mass is 305 g/mol. The highest BCUT2D eigenvalue weighted by atomic mass is 19.4. The van der Waals surface area contributed by atoms with Crippen molar-refractivity contribution >= 4 is 11.9 Å². The van der Waals surface area contributed by atoms with Crippen LogP contribution < -0.4 is 5.32 Å². The summed E-state index contributed by atoms with van der Waals surface area (Å²) in [5.74, 6) is -4.39. The molecule has 1 atom stereocenters. The maximum absolute atomic E-state index is 13.7. The van der Waals surface area contributed by atoms with E-state index >= 15 is 0 Å². The molecule has 0 bridgehead atoms. The van der Waals surface area contributed by atoms with Crippen molar-refractivity contribution in [3.05, 3.63) is 47.8 Å². The van der Waals surface area contributed by atoms with Crippen LogP contribution in [0, 0.1) is 5.82 Å². The van der Waals surface area contributed by atoms with Gasteiger partial charge in [-0.25, -0.2) is 9.18 Å². The molecule has 0 aromatic heterocycles. The second kappa shape index (κ2) is 6.38. The molecular weight excluding hydrogens is 294 g/mol. The minimum Gasteiger partial charge on any atom is -0.480 e. The number of benzene rings is 1. The SMILES string of the molecule is C=CCC(NC(=O)c1cccc(C(F)(F)F)c1F)C(=O)O. The summed E-state index contributed by atoms with van der Waals surface area (Å²) in [5, 5.41) is 10.8. The first-order chi connectivity index (χ1) is 9.68. The fraction of sp³-hybridized carbons (Fsp3) is 0.231. The van der Waals surface area contributed by atoms with E-state index in [0.29, 0.717) is 6.07 Å². The highest BCUT2D eigenvalue weighted by molar-refractivity contribution is 5.97. The lowest BCUT2D eigenvalue weighted by molar-refractivity contribution is -0.140. The van der Waals surface area contributed by atoms with E-state index in [-0.39, 0.29) is 6.42 Å². The Bertz CT molecular complexity index is 569. The number of aliphatic carboxylic acids is 1. The molecule has 0 spiro atoms.